The van der Waals surface area contributed by atoms with Crippen LogP contribution in [-0.4, -0.2) is 11.6 Å². The second-order valence-electron chi connectivity index (χ2n) is 5.43. The first-order valence-electron chi connectivity index (χ1n) is 7.65. The summed E-state index contributed by atoms with van der Waals surface area (Å²) in [4.78, 5) is 23.7. The fourth-order valence-electron chi connectivity index (χ4n) is 2.20. The van der Waals surface area contributed by atoms with E-state index in [1.165, 1.54) is 18.2 Å². The molecule has 0 amide bonds. The van der Waals surface area contributed by atoms with Gasteiger partial charge in [-0.2, -0.15) is 4.90 Å². The van der Waals surface area contributed by atoms with E-state index in [9.17, 15) is 9.59 Å². The predicted molar refractivity (Wildman–Crippen MR) is 102 cm³/mol. The third-order valence-electron chi connectivity index (χ3n) is 3.55. The van der Waals surface area contributed by atoms with Gasteiger partial charge in [-0.15, -0.1) is 0 Å². The number of benzene rings is 2. The highest BCUT2D eigenvalue weighted by Crippen LogP contribution is 2.11. The maximum atomic E-state index is 11.6. The van der Waals surface area contributed by atoms with Gasteiger partial charge in [-0.1, -0.05) is 60.4 Å². The van der Waals surface area contributed by atoms with Crippen LogP contribution in [-0.2, 0) is 22.2 Å². The molecule has 0 bridgehead atoms. The van der Waals surface area contributed by atoms with Gasteiger partial charge in [0.05, 0.1) is 5.57 Å². The van der Waals surface area contributed by atoms with Gasteiger partial charge in [-0.05, 0) is 35.4 Å². The van der Waals surface area contributed by atoms with E-state index in [1.54, 1.807) is 0 Å². The Morgan fingerprint density at radius 1 is 0.760 bits per heavy atom. The Hall–Kier alpha value is -3.22. The maximum absolute atomic E-state index is 11.6. The molecular formula is C22H13O2S-. The Kier molecular flexibility index (Phi) is 5.03. The first-order chi connectivity index (χ1) is 12.1. The number of hydrogen-bond acceptors (Lipinski definition) is 3. The molecule has 0 saturated heterocycles. The Morgan fingerprint density at radius 2 is 1.36 bits per heavy atom. The van der Waals surface area contributed by atoms with Crippen LogP contribution in [0.15, 0.2) is 77.2 Å². The quantitative estimate of drug-likeness (QED) is 0.361. The topological polar surface area (TPSA) is 34.1 Å². The molecule has 0 spiro atoms. The van der Waals surface area contributed by atoms with E-state index < -0.39 is 0 Å². The van der Waals surface area contributed by atoms with Gasteiger partial charge in [0.1, 0.15) is 0 Å². The molecule has 1 aliphatic rings. The number of rotatable bonds is 2. The first-order valence-corrected chi connectivity index (χ1v) is 8.06. The third-order valence-corrected chi connectivity index (χ3v) is 3.82. The normalized spacial score (nSPS) is 13.5. The molecule has 2 aromatic rings. The zero-order chi connectivity index (χ0) is 17.6. The smallest absolute Gasteiger partial charge is 0.194 e. The van der Waals surface area contributed by atoms with Gasteiger partial charge in [-0.3, -0.25) is 9.59 Å². The van der Waals surface area contributed by atoms with Gasteiger partial charge in [0.15, 0.2) is 11.6 Å². The van der Waals surface area contributed by atoms with E-state index in [2.05, 4.69) is 11.8 Å². The zero-order valence-corrected chi connectivity index (χ0v) is 14.0. The Labute approximate surface area is 152 Å². The van der Waals surface area contributed by atoms with Gasteiger partial charge in [0, 0.05) is 11.6 Å². The standard InChI is InChI=1S/C22H14O2S/c23-20-11-14-22(24)19(15-20)10-7-17-4-1-16(2-5-17)3-6-18-8-12-21(25)13-9-18/h1-6,8-9,11-15,25H/p-1/b6-3+. The number of allylic oxidation sites excluding steroid dienone is 4. The predicted octanol–water partition coefficient (Wildman–Crippen LogP) is 3.75. The summed E-state index contributed by atoms with van der Waals surface area (Å²) < 4.78 is 0. The van der Waals surface area contributed by atoms with Crippen molar-refractivity contribution in [3.05, 3.63) is 89.0 Å². The van der Waals surface area contributed by atoms with Crippen molar-refractivity contribution in [3.8, 4) is 11.8 Å². The van der Waals surface area contributed by atoms with Gasteiger partial charge in [0.2, 0.25) is 0 Å². The fraction of sp³-hybridized carbons (Fsp3) is 0. The third kappa shape index (κ3) is 4.63. The molecule has 1 aliphatic carbocycles. The maximum Gasteiger partial charge on any atom is 0.194 e. The van der Waals surface area contributed by atoms with E-state index in [-0.39, 0.29) is 17.1 Å². The summed E-state index contributed by atoms with van der Waals surface area (Å²) >= 11 is 5.06. The molecule has 0 N–H and O–H groups in total. The van der Waals surface area contributed by atoms with Crippen LogP contribution in [0.5, 0.6) is 0 Å². The van der Waals surface area contributed by atoms with Crippen LogP contribution in [0.25, 0.3) is 12.2 Å². The lowest BCUT2D eigenvalue weighted by Crippen LogP contribution is -2.05. The molecule has 25 heavy (non-hydrogen) atoms. The second kappa shape index (κ2) is 7.57. The van der Waals surface area contributed by atoms with Crippen LogP contribution in [0.1, 0.15) is 16.7 Å². The zero-order valence-electron chi connectivity index (χ0n) is 13.2. The SMILES string of the molecule is O=C1C=CC(=O)C(C#Cc2ccc(/C=C/c3ccc([S-])cc3)cc2)=C1. The van der Waals surface area contributed by atoms with Crippen molar-refractivity contribution in [3.63, 3.8) is 0 Å². The minimum atomic E-state index is -0.239. The molecule has 3 rings (SSSR count). The van der Waals surface area contributed by atoms with Gasteiger partial charge in [0.25, 0.3) is 0 Å². The van der Waals surface area contributed by atoms with Crippen LogP contribution in [0.2, 0.25) is 0 Å². The molecule has 0 unspecified atom stereocenters. The summed E-state index contributed by atoms with van der Waals surface area (Å²) in [5.74, 6) is 5.22. The Morgan fingerprint density at radius 3 is 2.00 bits per heavy atom. The highest BCUT2D eigenvalue weighted by Gasteiger charge is 2.10. The molecule has 2 nitrogen and oxygen atoms in total. The lowest BCUT2D eigenvalue weighted by atomic mass is 10.0. The van der Waals surface area contributed by atoms with E-state index >= 15 is 0 Å². The molecule has 2 aromatic carbocycles. The van der Waals surface area contributed by atoms with E-state index in [1.807, 2.05) is 60.7 Å². The van der Waals surface area contributed by atoms with E-state index in [0.29, 0.717) is 0 Å². The summed E-state index contributed by atoms with van der Waals surface area (Å²) in [6.07, 6.45) is 7.78. The molecule has 0 aromatic heterocycles. The molecular weight excluding hydrogens is 328 g/mol. The molecule has 3 heteroatoms. The number of ketones is 2. The number of carbonyl (C=O) groups is 2. The van der Waals surface area contributed by atoms with Crippen molar-refractivity contribution in [1.29, 1.82) is 0 Å². The fourth-order valence-corrected chi connectivity index (χ4v) is 2.33. The highest BCUT2D eigenvalue weighted by atomic mass is 32.1. The lowest BCUT2D eigenvalue weighted by molar-refractivity contribution is -0.114. The molecule has 120 valence electrons. The van der Waals surface area contributed by atoms with Crippen molar-refractivity contribution in [2.75, 3.05) is 0 Å². The van der Waals surface area contributed by atoms with Crippen LogP contribution in [0.4, 0.5) is 0 Å². The molecule has 0 fully saturated rings. The van der Waals surface area contributed by atoms with Crippen molar-refractivity contribution in [2.24, 2.45) is 0 Å². The van der Waals surface area contributed by atoms with Crippen LogP contribution in [0.3, 0.4) is 0 Å². The van der Waals surface area contributed by atoms with Gasteiger partial charge < -0.3 is 12.6 Å². The number of hydrogen-bond donors (Lipinski definition) is 0. The summed E-state index contributed by atoms with van der Waals surface area (Å²) in [6.45, 7) is 0. The summed E-state index contributed by atoms with van der Waals surface area (Å²) in [5, 5.41) is 0. The molecule has 0 radical (unpaired) electrons. The van der Waals surface area contributed by atoms with Crippen LogP contribution < -0.4 is 0 Å². The highest BCUT2D eigenvalue weighted by molar-refractivity contribution is 7.58. The number of carbonyl (C=O) groups excluding carboxylic acids is 2. The average Bonchev–Trinajstić information content (AvgIpc) is 2.63. The minimum absolute atomic E-state index is 0.214. The molecule has 0 heterocycles. The van der Waals surface area contributed by atoms with E-state index in [0.717, 1.165) is 21.6 Å². The Balaban J connectivity index is 1.71. The molecule has 0 saturated carbocycles. The minimum Gasteiger partial charge on any atom is -0.780 e. The lowest BCUT2D eigenvalue weighted by Gasteiger charge is -2.03. The summed E-state index contributed by atoms with van der Waals surface area (Å²) in [6, 6.07) is 15.4. The van der Waals surface area contributed by atoms with Crippen molar-refractivity contribution >= 4 is 36.3 Å². The second-order valence-corrected chi connectivity index (χ2v) is 5.90. The van der Waals surface area contributed by atoms with Crippen molar-refractivity contribution in [1.82, 2.24) is 0 Å². The molecule has 0 atom stereocenters. The van der Waals surface area contributed by atoms with Crippen LogP contribution in [0, 0.1) is 11.8 Å². The van der Waals surface area contributed by atoms with Gasteiger partial charge in [-0.25, -0.2) is 0 Å². The van der Waals surface area contributed by atoms with Crippen LogP contribution >= 0.6 is 0 Å². The largest absolute Gasteiger partial charge is 0.780 e. The van der Waals surface area contributed by atoms with E-state index in [4.69, 9.17) is 12.6 Å². The summed E-state index contributed by atoms with van der Waals surface area (Å²) in [5.41, 5.74) is 3.13. The Bertz CT molecular complexity index is 963. The monoisotopic (exact) mass is 341 g/mol. The first kappa shape index (κ1) is 16.6. The average molecular weight is 341 g/mol. The molecule has 0 aliphatic heterocycles. The van der Waals surface area contributed by atoms with Crippen molar-refractivity contribution < 1.29 is 9.59 Å². The summed E-state index contributed by atoms with van der Waals surface area (Å²) in [7, 11) is 0. The van der Waals surface area contributed by atoms with Crippen molar-refractivity contribution in [2.45, 2.75) is 4.90 Å². The van der Waals surface area contributed by atoms with Gasteiger partial charge >= 0.3 is 0 Å².